The van der Waals surface area contributed by atoms with Crippen LogP contribution in [0.4, 0.5) is 11.4 Å². The van der Waals surface area contributed by atoms with E-state index in [0.717, 1.165) is 25.1 Å². The molecular formula is C26H34N2. The zero-order valence-electron chi connectivity index (χ0n) is 17.6. The van der Waals surface area contributed by atoms with Crippen LogP contribution < -0.4 is 4.90 Å². The predicted molar refractivity (Wildman–Crippen MR) is 122 cm³/mol. The lowest BCUT2D eigenvalue weighted by molar-refractivity contribution is 0.790. The van der Waals surface area contributed by atoms with E-state index in [-0.39, 0.29) is 0 Å². The van der Waals surface area contributed by atoms with E-state index in [4.69, 9.17) is 0 Å². The lowest BCUT2D eigenvalue weighted by Crippen LogP contribution is -2.19. The van der Waals surface area contributed by atoms with Crippen molar-refractivity contribution in [2.24, 2.45) is 0 Å². The normalized spacial score (nSPS) is 10.1. The van der Waals surface area contributed by atoms with Gasteiger partial charge in [-0.1, -0.05) is 69.7 Å². The van der Waals surface area contributed by atoms with E-state index in [1.165, 1.54) is 36.1 Å². The Labute approximate surface area is 171 Å². The van der Waals surface area contributed by atoms with E-state index in [1.54, 1.807) is 0 Å². The van der Waals surface area contributed by atoms with Crippen LogP contribution in [0.1, 0.15) is 51.2 Å². The molecule has 0 amide bonds. The summed E-state index contributed by atoms with van der Waals surface area (Å²) in [6, 6.07) is 23.9. The van der Waals surface area contributed by atoms with Crippen LogP contribution in [-0.2, 0) is 12.8 Å². The van der Waals surface area contributed by atoms with Gasteiger partial charge in [-0.05, 0) is 61.1 Å². The van der Waals surface area contributed by atoms with Crippen molar-refractivity contribution in [3.8, 4) is 0 Å². The molecule has 0 aliphatic carbocycles. The highest BCUT2D eigenvalue weighted by atomic mass is 15.1. The Morgan fingerprint density at radius 2 is 1.32 bits per heavy atom. The summed E-state index contributed by atoms with van der Waals surface area (Å²) < 4.78 is 0. The molecule has 1 heterocycles. The number of nitrogens with zero attached hydrogens (tertiary/aromatic N) is 2. The Morgan fingerprint density at radius 1 is 0.714 bits per heavy atom. The third-order valence-electron chi connectivity index (χ3n) is 4.71. The standard InChI is InChI=1S/C24H28N2.C2H6/c1-2-3-9-21-14-16-22(17-15-21)10-8-19-26(23-11-5-4-6-12-23)24-13-7-18-25-20-24;1-2/h4-7,11-18,20H,2-3,8-10,19H2,1H3;1-2H3. The zero-order valence-corrected chi connectivity index (χ0v) is 17.6. The molecule has 0 N–H and O–H groups in total. The summed E-state index contributed by atoms with van der Waals surface area (Å²) in [6.45, 7) is 7.22. The van der Waals surface area contributed by atoms with Gasteiger partial charge >= 0.3 is 0 Å². The molecule has 3 rings (SSSR count). The van der Waals surface area contributed by atoms with E-state index < -0.39 is 0 Å². The first kappa shape index (κ1) is 21.7. The van der Waals surface area contributed by atoms with E-state index >= 15 is 0 Å². The number of unbranched alkanes of at least 4 members (excludes halogenated alkanes) is 1. The van der Waals surface area contributed by atoms with Gasteiger partial charge in [0.15, 0.2) is 0 Å². The van der Waals surface area contributed by atoms with Crippen LogP contribution in [0.25, 0.3) is 0 Å². The first-order chi connectivity index (χ1) is 13.9. The maximum Gasteiger partial charge on any atom is 0.0597 e. The van der Waals surface area contributed by atoms with E-state index in [0.29, 0.717) is 0 Å². The molecule has 0 saturated carbocycles. The highest BCUT2D eigenvalue weighted by molar-refractivity contribution is 5.62. The van der Waals surface area contributed by atoms with Crippen molar-refractivity contribution < 1.29 is 0 Å². The SMILES string of the molecule is CC.CCCCc1ccc(CCCN(c2ccccc2)c2cccnc2)cc1. The summed E-state index contributed by atoms with van der Waals surface area (Å²) in [5.74, 6) is 0. The molecule has 0 bridgehead atoms. The summed E-state index contributed by atoms with van der Waals surface area (Å²) in [7, 11) is 0. The average Bonchev–Trinajstić information content (AvgIpc) is 2.79. The Bertz CT molecular complexity index is 712. The highest BCUT2D eigenvalue weighted by Crippen LogP contribution is 2.24. The minimum absolute atomic E-state index is 0.979. The van der Waals surface area contributed by atoms with Crippen molar-refractivity contribution in [2.75, 3.05) is 11.4 Å². The van der Waals surface area contributed by atoms with Crippen molar-refractivity contribution in [1.29, 1.82) is 0 Å². The molecule has 0 spiro atoms. The summed E-state index contributed by atoms with van der Waals surface area (Å²) in [4.78, 5) is 6.64. The molecule has 0 aliphatic rings. The maximum atomic E-state index is 4.29. The van der Waals surface area contributed by atoms with Gasteiger partial charge in [-0.15, -0.1) is 0 Å². The fraction of sp³-hybridized carbons (Fsp3) is 0.346. The average molecular weight is 375 g/mol. The third kappa shape index (κ3) is 6.84. The second kappa shape index (κ2) is 12.7. The molecule has 0 radical (unpaired) electrons. The number of rotatable bonds is 9. The van der Waals surface area contributed by atoms with Gasteiger partial charge in [-0.2, -0.15) is 0 Å². The quantitative estimate of drug-likeness (QED) is 0.393. The molecule has 1 aromatic heterocycles. The van der Waals surface area contributed by atoms with Gasteiger partial charge in [0.05, 0.1) is 11.9 Å². The van der Waals surface area contributed by atoms with Gasteiger partial charge in [-0.25, -0.2) is 0 Å². The van der Waals surface area contributed by atoms with Crippen LogP contribution in [0.15, 0.2) is 79.1 Å². The van der Waals surface area contributed by atoms with Gasteiger partial charge in [-0.3, -0.25) is 4.98 Å². The first-order valence-electron chi connectivity index (χ1n) is 10.7. The maximum absolute atomic E-state index is 4.29. The largest absolute Gasteiger partial charge is 0.340 e. The van der Waals surface area contributed by atoms with Crippen LogP contribution in [0, 0.1) is 0 Å². The number of para-hydroxylation sites is 1. The molecule has 2 heteroatoms. The van der Waals surface area contributed by atoms with Crippen LogP contribution in [-0.4, -0.2) is 11.5 Å². The lowest BCUT2D eigenvalue weighted by Gasteiger charge is -2.24. The van der Waals surface area contributed by atoms with Crippen LogP contribution in [0.3, 0.4) is 0 Å². The number of anilines is 2. The molecular weight excluding hydrogens is 340 g/mol. The van der Waals surface area contributed by atoms with Gasteiger partial charge in [0.2, 0.25) is 0 Å². The number of pyridine rings is 1. The summed E-state index contributed by atoms with van der Waals surface area (Å²) >= 11 is 0. The van der Waals surface area contributed by atoms with Gasteiger partial charge in [0.1, 0.15) is 0 Å². The predicted octanol–water partition coefficient (Wildman–Crippen LogP) is 7.22. The van der Waals surface area contributed by atoms with Gasteiger partial charge < -0.3 is 4.90 Å². The van der Waals surface area contributed by atoms with E-state index in [2.05, 4.69) is 77.5 Å². The van der Waals surface area contributed by atoms with Crippen LogP contribution >= 0.6 is 0 Å². The number of hydrogen-bond donors (Lipinski definition) is 0. The summed E-state index contributed by atoms with van der Waals surface area (Å²) in [6.07, 6.45) is 9.69. The first-order valence-corrected chi connectivity index (χ1v) is 10.7. The van der Waals surface area contributed by atoms with Gasteiger partial charge in [0.25, 0.3) is 0 Å². The zero-order chi connectivity index (χ0) is 20.0. The fourth-order valence-corrected chi connectivity index (χ4v) is 3.22. The Kier molecular flexibility index (Phi) is 9.85. The fourth-order valence-electron chi connectivity index (χ4n) is 3.22. The molecule has 148 valence electrons. The Hall–Kier alpha value is -2.61. The smallest absolute Gasteiger partial charge is 0.0597 e. The van der Waals surface area contributed by atoms with Gasteiger partial charge in [0, 0.05) is 18.4 Å². The molecule has 2 aromatic carbocycles. The van der Waals surface area contributed by atoms with E-state index in [9.17, 15) is 0 Å². The number of benzene rings is 2. The monoisotopic (exact) mass is 374 g/mol. The molecule has 0 fully saturated rings. The number of aryl methyl sites for hydroxylation is 2. The Morgan fingerprint density at radius 3 is 1.89 bits per heavy atom. The van der Waals surface area contributed by atoms with Crippen molar-refractivity contribution in [3.63, 3.8) is 0 Å². The molecule has 0 aliphatic heterocycles. The van der Waals surface area contributed by atoms with Crippen LogP contribution in [0.5, 0.6) is 0 Å². The molecule has 3 aromatic rings. The lowest BCUT2D eigenvalue weighted by atomic mass is 10.0. The number of hydrogen-bond acceptors (Lipinski definition) is 2. The minimum Gasteiger partial charge on any atom is -0.340 e. The highest BCUT2D eigenvalue weighted by Gasteiger charge is 2.09. The van der Waals surface area contributed by atoms with E-state index in [1.807, 2.05) is 32.3 Å². The van der Waals surface area contributed by atoms with Crippen molar-refractivity contribution in [2.45, 2.75) is 52.9 Å². The molecule has 28 heavy (non-hydrogen) atoms. The topological polar surface area (TPSA) is 16.1 Å². The molecule has 0 atom stereocenters. The molecule has 2 nitrogen and oxygen atoms in total. The minimum atomic E-state index is 0.979. The van der Waals surface area contributed by atoms with Crippen molar-refractivity contribution in [1.82, 2.24) is 4.98 Å². The second-order valence-corrected chi connectivity index (χ2v) is 6.72. The van der Waals surface area contributed by atoms with Crippen molar-refractivity contribution >= 4 is 11.4 Å². The summed E-state index contributed by atoms with van der Waals surface area (Å²) in [5.41, 5.74) is 5.24. The number of aromatic nitrogens is 1. The summed E-state index contributed by atoms with van der Waals surface area (Å²) in [5, 5.41) is 0. The molecule has 0 unspecified atom stereocenters. The molecule has 0 saturated heterocycles. The Balaban J connectivity index is 0.00000136. The van der Waals surface area contributed by atoms with Crippen LogP contribution in [0.2, 0.25) is 0 Å². The van der Waals surface area contributed by atoms with Crippen molar-refractivity contribution in [3.05, 3.63) is 90.3 Å². The third-order valence-corrected chi connectivity index (χ3v) is 4.71. The second-order valence-electron chi connectivity index (χ2n) is 6.72.